The molecule has 0 atom stereocenters. The van der Waals surface area contributed by atoms with E-state index in [4.69, 9.17) is 5.73 Å². The Hall–Kier alpha value is -0.530. The monoisotopic (exact) mass is 370 g/mol. The van der Waals surface area contributed by atoms with Crippen molar-refractivity contribution >= 4 is 35.8 Å². The summed E-state index contributed by atoms with van der Waals surface area (Å²) in [5.74, 6) is 0.944. The molecule has 0 unspecified atom stereocenters. The number of nitrogens with two attached hydrogens (primary N) is 1. The lowest BCUT2D eigenvalue weighted by atomic mass is 9.93. The highest BCUT2D eigenvalue weighted by Crippen LogP contribution is 2.13. The van der Waals surface area contributed by atoms with Gasteiger partial charge in [0.25, 0.3) is 0 Å². The second-order valence-corrected chi connectivity index (χ2v) is 5.22. The fourth-order valence-electron chi connectivity index (χ4n) is 0.997. The van der Waals surface area contributed by atoms with Crippen LogP contribution in [0.4, 0.5) is 0 Å². The molecular weight excluding hydrogens is 343 g/mol. The van der Waals surface area contributed by atoms with Crippen molar-refractivity contribution in [3.05, 3.63) is 0 Å². The van der Waals surface area contributed by atoms with Crippen LogP contribution < -0.4 is 16.4 Å². The van der Waals surface area contributed by atoms with Crippen LogP contribution in [0.2, 0.25) is 0 Å². The van der Waals surface area contributed by atoms with Crippen molar-refractivity contribution in [3.63, 3.8) is 0 Å². The van der Waals surface area contributed by atoms with E-state index in [9.17, 15) is 4.79 Å². The van der Waals surface area contributed by atoms with Crippen LogP contribution in [-0.4, -0.2) is 31.5 Å². The number of guanidine groups is 1. The second kappa shape index (κ2) is 9.41. The maximum Gasteiger partial charge on any atom is 0.224 e. The summed E-state index contributed by atoms with van der Waals surface area (Å²) in [6, 6.07) is 0. The smallest absolute Gasteiger partial charge is 0.224 e. The molecule has 0 saturated carbocycles. The number of halogens is 1. The Labute approximate surface area is 127 Å². The number of nitrogens with zero attached hydrogens (tertiary/aromatic N) is 1. The number of hydrogen-bond acceptors (Lipinski definition) is 2. The number of nitrogens with one attached hydrogen (secondary N) is 2. The van der Waals surface area contributed by atoms with Gasteiger partial charge in [0.15, 0.2) is 5.96 Å². The van der Waals surface area contributed by atoms with Gasteiger partial charge in [-0.2, -0.15) is 0 Å². The number of primary amides is 1. The van der Waals surface area contributed by atoms with E-state index in [2.05, 4.69) is 29.5 Å². The lowest BCUT2D eigenvalue weighted by Gasteiger charge is -2.19. The first-order chi connectivity index (χ1) is 7.79. The zero-order valence-corrected chi connectivity index (χ0v) is 14.4. The van der Waals surface area contributed by atoms with Gasteiger partial charge in [0, 0.05) is 13.1 Å². The Morgan fingerprint density at radius 2 is 1.89 bits per heavy atom. The fourth-order valence-corrected chi connectivity index (χ4v) is 0.997. The predicted molar refractivity (Wildman–Crippen MR) is 87.2 cm³/mol. The largest absolute Gasteiger partial charge is 0.369 e. The first-order valence-corrected chi connectivity index (χ1v) is 6.11. The lowest BCUT2D eigenvalue weighted by molar-refractivity contribution is -0.125. The van der Waals surface area contributed by atoms with Gasteiger partial charge >= 0.3 is 0 Å². The third-order valence-corrected chi connectivity index (χ3v) is 2.32. The molecule has 1 amide bonds. The lowest BCUT2D eigenvalue weighted by Crippen LogP contribution is -2.41. The van der Waals surface area contributed by atoms with E-state index in [1.807, 2.05) is 6.92 Å². The Morgan fingerprint density at radius 1 is 1.33 bits per heavy atom. The minimum Gasteiger partial charge on any atom is -0.369 e. The van der Waals surface area contributed by atoms with E-state index >= 15 is 0 Å². The molecule has 0 aromatic carbocycles. The standard InChI is InChI=1S/C12H26N4O.HI/c1-6-14-11(15-7-9(2)3)16-8-12(4,5)10(13)17;/h9H,6-8H2,1-5H3,(H2,13,17)(H2,14,15,16);1H. The summed E-state index contributed by atoms with van der Waals surface area (Å²) in [5.41, 5.74) is 4.69. The number of carbonyl (C=O) groups excluding carboxylic acids is 1. The van der Waals surface area contributed by atoms with Gasteiger partial charge in [-0.3, -0.25) is 9.79 Å². The molecule has 0 aromatic rings. The van der Waals surface area contributed by atoms with Crippen molar-refractivity contribution < 1.29 is 4.79 Å². The number of carbonyl (C=O) groups is 1. The van der Waals surface area contributed by atoms with Crippen LogP contribution in [0.25, 0.3) is 0 Å². The first-order valence-electron chi connectivity index (χ1n) is 6.11. The minimum absolute atomic E-state index is 0. The summed E-state index contributed by atoms with van der Waals surface area (Å²) in [6.07, 6.45) is 0. The van der Waals surface area contributed by atoms with Crippen molar-refractivity contribution in [3.8, 4) is 0 Å². The first kappa shape index (κ1) is 19.8. The molecule has 0 radical (unpaired) electrons. The third kappa shape index (κ3) is 8.54. The SMILES string of the molecule is CCNC(=NCC(C)(C)C(N)=O)NCC(C)C.I. The van der Waals surface area contributed by atoms with Gasteiger partial charge < -0.3 is 16.4 Å². The Morgan fingerprint density at radius 3 is 2.28 bits per heavy atom. The highest BCUT2D eigenvalue weighted by molar-refractivity contribution is 14.0. The molecule has 108 valence electrons. The highest BCUT2D eigenvalue weighted by Gasteiger charge is 2.24. The molecule has 0 fully saturated rings. The normalized spacial score (nSPS) is 12.0. The molecule has 0 bridgehead atoms. The van der Waals surface area contributed by atoms with Gasteiger partial charge in [-0.05, 0) is 26.7 Å². The van der Waals surface area contributed by atoms with Crippen LogP contribution in [0, 0.1) is 11.3 Å². The van der Waals surface area contributed by atoms with Crippen LogP contribution in [-0.2, 0) is 4.79 Å². The number of hydrogen-bond donors (Lipinski definition) is 3. The van der Waals surface area contributed by atoms with Crippen LogP contribution in [0.5, 0.6) is 0 Å². The zero-order chi connectivity index (χ0) is 13.5. The molecule has 5 nitrogen and oxygen atoms in total. The summed E-state index contributed by atoms with van der Waals surface area (Å²) < 4.78 is 0. The highest BCUT2D eigenvalue weighted by atomic mass is 127. The zero-order valence-electron chi connectivity index (χ0n) is 12.0. The molecule has 6 heteroatoms. The quantitative estimate of drug-likeness (QED) is 0.375. The van der Waals surface area contributed by atoms with Gasteiger partial charge in [0.1, 0.15) is 0 Å². The average molecular weight is 370 g/mol. The van der Waals surface area contributed by atoms with E-state index < -0.39 is 5.41 Å². The van der Waals surface area contributed by atoms with Crippen molar-refractivity contribution in [2.75, 3.05) is 19.6 Å². The van der Waals surface area contributed by atoms with E-state index in [-0.39, 0.29) is 29.9 Å². The van der Waals surface area contributed by atoms with Crippen molar-refractivity contribution in [1.29, 1.82) is 0 Å². The van der Waals surface area contributed by atoms with Gasteiger partial charge in [-0.25, -0.2) is 0 Å². The molecule has 4 N–H and O–H groups in total. The van der Waals surface area contributed by atoms with E-state index in [0.29, 0.717) is 12.5 Å². The number of aliphatic imine (C=N–C) groups is 1. The summed E-state index contributed by atoms with van der Waals surface area (Å²) in [4.78, 5) is 15.5. The van der Waals surface area contributed by atoms with Gasteiger partial charge in [-0.1, -0.05) is 13.8 Å². The molecule has 0 aliphatic rings. The maximum atomic E-state index is 11.2. The molecule has 0 rings (SSSR count). The number of rotatable bonds is 6. The maximum absolute atomic E-state index is 11.2. The van der Waals surface area contributed by atoms with Crippen LogP contribution in [0.1, 0.15) is 34.6 Å². The summed E-state index contributed by atoms with van der Waals surface area (Å²) in [6.45, 7) is 11.9. The Bertz CT molecular complexity index is 277. The van der Waals surface area contributed by atoms with Crippen molar-refractivity contribution in [1.82, 2.24) is 10.6 Å². The van der Waals surface area contributed by atoms with Crippen LogP contribution in [0.15, 0.2) is 4.99 Å². The molecular formula is C12H27IN4O. The topological polar surface area (TPSA) is 79.5 Å². The predicted octanol–water partition coefficient (Wildman–Crippen LogP) is 1.33. The third-order valence-electron chi connectivity index (χ3n) is 2.32. The number of amides is 1. The van der Waals surface area contributed by atoms with Gasteiger partial charge in [0.2, 0.25) is 5.91 Å². The molecule has 0 aliphatic heterocycles. The molecule has 18 heavy (non-hydrogen) atoms. The van der Waals surface area contributed by atoms with E-state index in [1.54, 1.807) is 13.8 Å². The van der Waals surface area contributed by atoms with Crippen molar-refractivity contribution in [2.24, 2.45) is 22.1 Å². The minimum atomic E-state index is -0.611. The summed E-state index contributed by atoms with van der Waals surface area (Å²) in [7, 11) is 0. The van der Waals surface area contributed by atoms with E-state index in [1.165, 1.54) is 0 Å². The molecule has 0 spiro atoms. The van der Waals surface area contributed by atoms with E-state index in [0.717, 1.165) is 19.0 Å². The fraction of sp³-hybridized carbons (Fsp3) is 0.833. The van der Waals surface area contributed by atoms with Crippen molar-refractivity contribution in [2.45, 2.75) is 34.6 Å². The van der Waals surface area contributed by atoms with Crippen LogP contribution in [0.3, 0.4) is 0 Å². The Balaban J connectivity index is 0. The molecule has 0 heterocycles. The average Bonchev–Trinajstić information content (AvgIpc) is 2.21. The van der Waals surface area contributed by atoms with Gasteiger partial charge in [0.05, 0.1) is 12.0 Å². The second-order valence-electron chi connectivity index (χ2n) is 5.22. The molecule has 0 aromatic heterocycles. The summed E-state index contributed by atoms with van der Waals surface area (Å²) >= 11 is 0. The van der Waals surface area contributed by atoms with Crippen LogP contribution >= 0.6 is 24.0 Å². The molecule has 0 saturated heterocycles. The summed E-state index contributed by atoms with van der Waals surface area (Å²) in [5, 5.41) is 6.35. The Kier molecular flexibility index (Phi) is 10.3. The molecule has 0 aliphatic carbocycles. The van der Waals surface area contributed by atoms with Gasteiger partial charge in [-0.15, -0.1) is 24.0 Å².